The summed E-state index contributed by atoms with van der Waals surface area (Å²) in [7, 11) is 0. The maximum absolute atomic E-state index is 5.43. The molecule has 1 aliphatic carbocycles. The Kier molecular flexibility index (Phi) is 3.47. The molecule has 2 aromatic rings. The molecule has 0 bridgehead atoms. The Labute approximate surface area is 123 Å². The van der Waals surface area contributed by atoms with Crippen molar-refractivity contribution in [1.82, 2.24) is 25.2 Å². The summed E-state index contributed by atoms with van der Waals surface area (Å²) < 4.78 is 7.46. The third kappa shape index (κ3) is 2.60. The predicted molar refractivity (Wildman–Crippen MR) is 77.9 cm³/mol. The van der Waals surface area contributed by atoms with Crippen LogP contribution in [0, 0.1) is 0 Å². The van der Waals surface area contributed by atoms with Gasteiger partial charge in [0.15, 0.2) is 5.82 Å². The summed E-state index contributed by atoms with van der Waals surface area (Å²) in [6.07, 6.45) is 11.2. The molecule has 1 saturated carbocycles. The van der Waals surface area contributed by atoms with Crippen LogP contribution in [0.4, 0.5) is 0 Å². The number of nitrogens with zero attached hydrogens (tertiary/aromatic N) is 4. The molecule has 1 aliphatic heterocycles. The highest BCUT2D eigenvalue weighted by molar-refractivity contribution is 5.49. The lowest BCUT2D eigenvalue weighted by Crippen LogP contribution is -2.31. The first-order valence-electron chi connectivity index (χ1n) is 7.99. The largest absolute Gasteiger partial charge is 0.334 e. The zero-order chi connectivity index (χ0) is 14.1. The molecule has 4 rings (SSSR count). The number of hydrogen-bond acceptors (Lipinski definition) is 5. The first-order chi connectivity index (χ1) is 10.4. The second-order valence-corrected chi connectivity index (χ2v) is 6.15. The van der Waals surface area contributed by atoms with Gasteiger partial charge >= 0.3 is 0 Å². The standard InChI is InChI=1S/C15H21N5O/c1-2-5-11(4-1)14-18-15(21-19-14)12-8-17-20(10-12)13-6-3-7-16-9-13/h8,10-11,13,16H,1-7,9H2. The third-order valence-corrected chi connectivity index (χ3v) is 4.66. The quantitative estimate of drug-likeness (QED) is 0.939. The summed E-state index contributed by atoms with van der Waals surface area (Å²) in [5.41, 5.74) is 0.928. The maximum Gasteiger partial charge on any atom is 0.261 e. The molecule has 6 nitrogen and oxygen atoms in total. The highest BCUT2D eigenvalue weighted by Crippen LogP contribution is 2.33. The Morgan fingerprint density at radius 1 is 1.19 bits per heavy atom. The first-order valence-corrected chi connectivity index (χ1v) is 7.99. The van der Waals surface area contributed by atoms with Crippen molar-refractivity contribution < 1.29 is 4.52 Å². The van der Waals surface area contributed by atoms with E-state index in [4.69, 9.17) is 4.52 Å². The SMILES string of the molecule is c1nn(C2CCCNC2)cc1-c1nc(C2CCCC2)no1. The fraction of sp³-hybridized carbons (Fsp3) is 0.667. The fourth-order valence-electron chi connectivity index (χ4n) is 3.41. The molecule has 0 radical (unpaired) electrons. The van der Waals surface area contributed by atoms with E-state index in [1.807, 2.05) is 17.1 Å². The van der Waals surface area contributed by atoms with E-state index in [1.165, 1.54) is 38.5 Å². The van der Waals surface area contributed by atoms with E-state index < -0.39 is 0 Å². The summed E-state index contributed by atoms with van der Waals surface area (Å²) in [5, 5.41) is 12.0. The minimum Gasteiger partial charge on any atom is -0.334 e. The van der Waals surface area contributed by atoms with Crippen molar-refractivity contribution in [2.45, 2.75) is 50.5 Å². The van der Waals surface area contributed by atoms with Crippen LogP contribution in [0.25, 0.3) is 11.5 Å². The van der Waals surface area contributed by atoms with E-state index in [0.717, 1.165) is 24.5 Å². The topological polar surface area (TPSA) is 68.8 Å². The second-order valence-electron chi connectivity index (χ2n) is 6.15. The molecule has 112 valence electrons. The Morgan fingerprint density at radius 2 is 2.10 bits per heavy atom. The molecule has 1 N–H and O–H groups in total. The van der Waals surface area contributed by atoms with E-state index in [2.05, 4.69) is 20.6 Å². The van der Waals surface area contributed by atoms with Crippen LogP contribution in [0.1, 0.15) is 56.3 Å². The number of aromatic nitrogens is 4. The molecule has 21 heavy (non-hydrogen) atoms. The molecule has 2 aliphatic rings. The van der Waals surface area contributed by atoms with Gasteiger partial charge in [-0.15, -0.1) is 0 Å². The molecule has 2 aromatic heterocycles. The van der Waals surface area contributed by atoms with E-state index in [9.17, 15) is 0 Å². The zero-order valence-electron chi connectivity index (χ0n) is 12.2. The number of hydrogen-bond donors (Lipinski definition) is 1. The van der Waals surface area contributed by atoms with Crippen molar-refractivity contribution in [3.8, 4) is 11.5 Å². The Hall–Kier alpha value is -1.69. The average Bonchev–Trinajstić information content (AvgIpc) is 3.27. The van der Waals surface area contributed by atoms with E-state index in [-0.39, 0.29) is 0 Å². The van der Waals surface area contributed by atoms with Gasteiger partial charge in [0.25, 0.3) is 5.89 Å². The van der Waals surface area contributed by atoms with Crippen LogP contribution in [0.2, 0.25) is 0 Å². The van der Waals surface area contributed by atoms with E-state index >= 15 is 0 Å². The summed E-state index contributed by atoms with van der Waals surface area (Å²) in [6.45, 7) is 2.09. The summed E-state index contributed by atoms with van der Waals surface area (Å²) >= 11 is 0. The second kappa shape index (κ2) is 5.60. The predicted octanol–water partition coefficient (Wildman–Crippen LogP) is 2.52. The van der Waals surface area contributed by atoms with E-state index in [1.54, 1.807) is 0 Å². The molecule has 6 heteroatoms. The molecule has 0 spiro atoms. The van der Waals surface area contributed by atoms with Crippen molar-refractivity contribution in [1.29, 1.82) is 0 Å². The molecule has 1 atom stereocenters. The van der Waals surface area contributed by atoms with Crippen LogP contribution in [0.15, 0.2) is 16.9 Å². The maximum atomic E-state index is 5.43. The number of rotatable bonds is 3. The fourth-order valence-corrected chi connectivity index (χ4v) is 3.41. The molecule has 3 heterocycles. The van der Waals surface area contributed by atoms with Crippen molar-refractivity contribution in [3.63, 3.8) is 0 Å². The zero-order valence-corrected chi connectivity index (χ0v) is 12.2. The van der Waals surface area contributed by atoms with Crippen LogP contribution in [-0.2, 0) is 0 Å². The van der Waals surface area contributed by atoms with Gasteiger partial charge in [-0.2, -0.15) is 10.1 Å². The molecule has 0 aromatic carbocycles. The van der Waals surface area contributed by atoms with Gasteiger partial charge in [-0.25, -0.2) is 0 Å². The third-order valence-electron chi connectivity index (χ3n) is 4.66. The molecule has 0 amide bonds. The smallest absolute Gasteiger partial charge is 0.261 e. The van der Waals surface area contributed by atoms with Gasteiger partial charge in [-0.3, -0.25) is 4.68 Å². The Bertz CT molecular complexity index is 593. The lowest BCUT2D eigenvalue weighted by molar-refractivity contribution is 0.347. The molecule has 2 fully saturated rings. The molecular weight excluding hydrogens is 266 g/mol. The van der Waals surface area contributed by atoms with Crippen molar-refractivity contribution in [3.05, 3.63) is 18.2 Å². The molecule has 1 unspecified atom stereocenters. The summed E-state index contributed by atoms with van der Waals surface area (Å²) in [6, 6.07) is 0.435. The summed E-state index contributed by atoms with van der Waals surface area (Å²) in [5.74, 6) is 1.96. The minimum absolute atomic E-state index is 0.435. The van der Waals surface area contributed by atoms with Crippen molar-refractivity contribution in [2.24, 2.45) is 0 Å². The van der Waals surface area contributed by atoms with E-state index in [0.29, 0.717) is 17.9 Å². The molecular formula is C15H21N5O. The number of nitrogens with one attached hydrogen (secondary N) is 1. The Morgan fingerprint density at radius 3 is 2.90 bits per heavy atom. The van der Waals surface area contributed by atoms with Crippen molar-refractivity contribution in [2.75, 3.05) is 13.1 Å². The van der Waals surface area contributed by atoms with Crippen LogP contribution in [0.3, 0.4) is 0 Å². The van der Waals surface area contributed by atoms with Crippen LogP contribution in [-0.4, -0.2) is 33.0 Å². The lowest BCUT2D eigenvalue weighted by Gasteiger charge is -2.22. The van der Waals surface area contributed by atoms with Gasteiger partial charge in [-0.05, 0) is 32.2 Å². The van der Waals surface area contributed by atoms with Crippen LogP contribution < -0.4 is 5.32 Å². The lowest BCUT2D eigenvalue weighted by atomic mass is 10.1. The van der Waals surface area contributed by atoms with Gasteiger partial charge in [0.05, 0.1) is 17.8 Å². The monoisotopic (exact) mass is 287 g/mol. The van der Waals surface area contributed by atoms with Gasteiger partial charge in [0.2, 0.25) is 0 Å². The van der Waals surface area contributed by atoms with Gasteiger partial charge in [-0.1, -0.05) is 18.0 Å². The first kappa shape index (κ1) is 13.0. The minimum atomic E-state index is 0.435. The number of piperidine rings is 1. The molecule has 1 saturated heterocycles. The normalized spacial score (nSPS) is 23.7. The highest BCUT2D eigenvalue weighted by atomic mass is 16.5. The van der Waals surface area contributed by atoms with Gasteiger partial charge in [0, 0.05) is 18.7 Å². The highest BCUT2D eigenvalue weighted by Gasteiger charge is 2.23. The van der Waals surface area contributed by atoms with Gasteiger partial charge in [0.1, 0.15) is 0 Å². The Balaban J connectivity index is 1.52. The van der Waals surface area contributed by atoms with Crippen LogP contribution >= 0.6 is 0 Å². The average molecular weight is 287 g/mol. The van der Waals surface area contributed by atoms with Crippen molar-refractivity contribution >= 4 is 0 Å². The summed E-state index contributed by atoms with van der Waals surface area (Å²) in [4.78, 5) is 4.57. The van der Waals surface area contributed by atoms with Gasteiger partial charge < -0.3 is 9.84 Å². The van der Waals surface area contributed by atoms with Crippen LogP contribution in [0.5, 0.6) is 0 Å².